The molecule has 0 rings (SSSR count). The number of nitrogens with one attached hydrogen (secondary N) is 1. The summed E-state index contributed by atoms with van der Waals surface area (Å²) < 4.78 is 5.25. The van der Waals surface area contributed by atoms with Gasteiger partial charge in [0.15, 0.2) is 0 Å². The molecule has 0 unspecified atom stereocenters. The molecule has 0 aromatic rings. The molecule has 0 radical (unpaired) electrons. The molecule has 4 nitrogen and oxygen atoms in total. The molecule has 0 heterocycles. The lowest BCUT2D eigenvalue weighted by Gasteiger charge is -2.13. The lowest BCUT2D eigenvalue weighted by atomic mass is 10.1. The Morgan fingerprint density at radius 2 is 1.24 bits per heavy atom. The third-order valence-electron chi connectivity index (χ3n) is 4.48. The van der Waals surface area contributed by atoms with Gasteiger partial charge in [0, 0.05) is 6.42 Å². The van der Waals surface area contributed by atoms with Crippen LogP contribution < -0.4 is 5.32 Å². The lowest BCUT2D eigenvalue weighted by Crippen LogP contribution is -2.39. The van der Waals surface area contributed by atoms with E-state index < -0.39 is 6.04 Å². The van der Waals surface area contributed by atoms with Gasteiger partial charge >= 0.3 is 5.97 Å². The zero-order chi connectivity index (χ0) is 18.8. The molecule has 0 saturated carbocycles. The molecule has 0 spiro atoms. The summed E-state index contributed by atoms with van der Waals surface area (Å²) in [4.78, 5) is 23.7. The monoisotopic (exact) mass is 355 g/mol. The van der Waals surface area contributed by atoms with Gasteiger partial charge in [-0.15, -0.1) is 0 Å². The highest BCUT2D eigenvalue weighted by Crippen LogP contribution is 2.08. The summed E-state index contributed by atoms with van der Waals surface area (Å²) in [6.07, 6.45) is 15.9. The molecule has 1 atom stereocenters. The normalized spacial score (nSPS) is 12.0. The maximum atomic E-state index is 11.9. The Labute approximate surface area is 155 Å². The Kier molecular flexibility index (Phi) is 17.0. The predicted octanol–water partition coefficient (Wildman–Crippen LogP) is 5.54. The first-order valence-electron chi connectivity index (χ1n) is 10.6. The van der Waals surface area contributed by atoms with Gasteiger partial charge in [-0.25, -0.2) is 4.79 Å². The highest BCUT2D eigenvalue weighted by atomic mass is 16.5. The summed E-state index contributed by atoms with van der Waals surface area (Å²) >= 11 is 0. The number of hydrogen-bond acceptors (Lipinski definition) is 3. The summed E-state index contributed by atoms with van der Waals surface area (Å²) in [7, 11) is 0. The van der Waals surface area contributed by atoms with Crippen LogP contribution in [0.25, 0.3) is 0 Å². The first-order valence-corrected chi connectivity index (χ1v) is 10.6. The van der Waals surface area contributed by atoms with Crippen LogP contribution in [0.2, 0.25) is 0 Å². The SMILES string of the molecule is CCCCCCCCCCOC(=O)[C@H](C)NC(=O)CCCCCCC. The van der Waals surface area contributed by atoms with Crippen LogP contribution in [0.15, 0.2) is 0 Å². The molecule has 1 amide bonds. The van der Waals surface area contributed by atoms with Crippen LogP contribution in [0.4, 0.5) is 0 Å². The molecule has 0 aromatic carbocycles. The molecular formula is C21H41NO3. The molecule has 0 aliphatic rings. The molecule has 1 N–H and O–H groups in total. The number of carbonyl (C=O) groups is 2. The Bertz CT molecular complexity index is 331. The van der Waals surface area contributed by atoms with Crippen molar-refractivity contribution in [1.29, 1.82) is 0 Å². The number of ether oxygens (including phenoxy) is 1. The van der Waals surface area contributed by atoms with Crippen molar-refractivity contribution in [3.63, 3.8) is 0 Å². The molecule has 0 aromatic heterocycles. The minimum atomic E-state index is -0.544. The van der Waals surface area contributed by atoms with Gasteiger partial charge in [0.2, 0.25) is 5.91 Å². The third-order valence-corrected chi connectivity index (χ3v) is 4.48. The number of rotatable bonds is 17. The zero-order valence-electron chi connectivity index (χ0n) is 16.9. The van der Waals surface area contributed by atoms with Gasteiger partial charge in [-0.2, -0.15) is 0 Å². The van der Waals surface area contributed by atoms with E-state index in [0.29, 0.717) is 13.0 Å². The van der Waals surface area contributed by atoms with Crippen molar-refractivity contribution in [2.24, 2.45) is 0 Å². The Hall–Kier alpha value is -1.06. The van der Waals surface area contributed by atoms with Crippen LogP contribution in [-0.4, -0.2) is 24.5 Å². The van der Waals surface area contributed by atoms with Crippen molar-refractivity contribution < 1.29 is 14.3 Å². The molecule has 0 aliphatic heterocycles. The van der Waals surface area contributed by atoms with Crippen molar-refractivity contribution in [2.75, 3.05) is 6.61 Å². The van der Waals surface area contributed by atoms with Crippen LogP contribution in [-0.2, 0) is 14.3 Å². The largest absolute Gasteiger partial charge is 0.464 e. The maximum absolute atomic E-state index is 11.9. The Morgan fingerprint density at radius 1 is 0.760 bits per heavy atom. The average Bonchev–Trinajstić information content (AvgIpc) is 2.59. The molecule has 4 heteroatoms. The first kappa shape index (κ1) is 23.9. The average molecular weight is 356 g/mol. The summed E-state index contributed by atoms with van der Waals surface area (Å²) in [5.41, 5.74) is 0. The van der Waals surface area contributed by atoms with Gasteiger partial charge in [0.25, 0.3) is 0 Å². The fourth-order valence-corrected chi connectivity index (χ4v) is 2.80. The topological polar surface area (TPSA) is 55.4 Å². The second-order valence-corrected chi connectivity index (χ2v) is 7.10. The molecule has 148 valence electrons. The van der Waals surface area contributed by atoms with Crippen LogP contribution in [0.1, 0.15) is 111 Å². The maximum Gasteiger partial charge on any atom is 0.328 e. The van der Waals surface area contributed by atoms with Crippen LogP contribution >= 0.6 is 0 Å². The van der Waals surface area contributed by atoms with E-state index >= 15 is 0 Å². The summed E-state index contributed by atoms with van der Waals surface area (Å²) in [6.45, 7) is 6.56. The van der Waals surface area contributed by atoms with Gasteiger partial charge < -0.3 is 10.1 Å². The standard InChI is InChI=1S/C21H41NO3/c1-4-6-8-10-11-12-14-16-18-25-21(24)19(3)22-20(23)17-15-13-9-7-5-2/h19H,4-18H2,1-3H3,(H,22,23)/t19-/m0/s1. The first-order chi connectivity index (χ1) is 12.1. The van der Waals surface area contributed by atoms with E-state index in [2.05, 4.69) is 19.2 Å². The van der Waals surface area contributed by atoms with Crippen molar-refractivity contribution in [2.45, 2.75) is 117 Å². The van der Waals surface area contributed by atoms with E-state index in [1.54, 1.807) is 6.92 Å². The van der Waals surface area contributed by atoms with E-state index in [1.165, 1.54) is 57.8 Å². The number of amides is 1. The quantitative estimate of drug-likeness (QED) is 0.275. The molecule has 0 aliphatic carbocycles. The van der Waals surface area contributed by atoms with Crippen LogP contribution in [0.3, 0.4) is 0 Å². The van der Waals surface area contributed by atoms with E-state index in [0.717, 1.165) is 25.7 Å². The van der Waals surface area contributed by atoms with E-state index in [9.17, 15) is 9.59 Å². The molecule has 0 fully saturated rings. The highest BCUT2D eigenvalue weighted by Gasteiger charge is 2.16. The van der Waals surface area contributed by atoms with Gasteiger partial charge in [0.1, 0.15) is 6.04 Å². The zero-order valence-corrected chi connectivity index (χ0v) is 16.9. The Balaban J connectivity index is 3.53. The summed E-state index contributed by atoms with van der Waals surface area (Å²) in [5.74, 6) is -0.365. The van der Waals surface area contributed by atoms with Crippen LogP contribution in [0, 0.1) is 0 Å². The lowest BCUT2D eigenvalue weighted by molar-refractivity contribution is -0.147. The van der Waals surface area contributed by atoms with Gasteiger partial charge in [-0.3, -0.25) is 4.79 Å². The van der Waals surface area contributed by atoms with E-state index in [4.69, 9.17) is 4.74 Å². The summed E-state index contributed by atoms with van der Waals surface area (Å²) in [5, 5.41) is 2.74. The summed E-state index contributed by atoms with van der Waals surface area (Å²) in [6, 6.07) is -0.544. The number of carbonyl (C=O) groups excluding carboxylic acids is 2. The molecule has 0 bridgehead atoms. The number of unbranched alkanes of at least 4 members (excludes halogenated alkanes) is 11. The van der Waals surface area contributed by atoms with Gasteiger partial charge in [-0.1, -0.05) is 84.5 Å². The van der Waals surface area contributed by atoms with E-state index in [-0.39, 0.29) is 11.9 Å². The fraction of sp³-hybridized carbons (Fsp3) is 0.905. The van der Waals surface area contributed by atoms with Crippen molar-refractivity contribution in [3.05, 3.63) is 0 Å². The number of esters is 1. The highest BCUT2D eigenvalue weighted by molar-refractivity contribution is 5.84. The van der Waals surface area contributed by atoms with Gasteiger partial charge in [0.05, 0.1) is 6.61 Å². The predicted molar refractivity (Wildman–Crippen MR) is 105 cm³/mol. The van der Waals surface area contributed by atoms with E-state index in [1.807, 2.05) is 0 Å². The Morgan fingerprint density at radius 3 is 1.80 bits per heavy atom. The minimum absolute atomic E-state index is 0.0481. The van der Waals surface area contributed by atoms with Crippen molar-refractivity contribution >= 4 is 11.9 Å². The fourth-order valence-electron chi connectivity index (χ4n) is 2.80. The van der Waals surface area contributed by atoms with Crippen LogP contribution in [0.5, 0.6) is 0 Å². The second-order valence-electron chi connectivity index (χ2n) is 7.10. The molecule has 0 saturated heterocycles. The smallest absolute Gasteiger partial charge is 0.328 e. The second kappa shape index (κ2) is 17.8. The van der Waals surface area contributed by atoms with Crippen molar-refractivity contribution in [3.8, 4) is 0 Å². The van der Waals surface area contributed by atoms with Gasteiger partial charge in [-0.05, 0) is 19.8 Å². The molecule has 25 heavy (non-hydrogen) atoms. The minimum Gasteiger partial charge on any atom is -0.464 e. The number of hydrogen-bond donors (Lipinski definition) is 1. The third kappa shape index (κ3) is 16.2. The molecular weight excluding hydrogens is 314 g/mol. The van der Waals surface area contributed by atoms with Crippen molar-refractivity contribution in [1.82, 2.24) is 5.32 Å².